The zero-order chi connectivity index (χ0) is 17.8. The minimum Gasteiger partial charge on any atom is -0.496 e. The van der Waals surface area contributed by atoms with Crippen LogP contribution >= 0.6 is 0 Å². The van der Waals surface area contributed by atoms with Crippen molar-refractivity contribution in [1.29, 1.82) is 0 Å². The third-order valence-corrected chi connectivity index (χ3v) is 3.87. The van der Waals surface area contributed by atoms with Crippen molar-refractivity contribution in [3.63, 3.8) is 0 Å². The van der Waals surface area contributed by atoms with E-state index in [4.69, 9.17) is 18.6 Å². The van der Waals surface area contributed by atoms with Crippen molar-refractivity contribution in [3.8, 4) is 11.5 Å². The molecule has 0 unspecified atom stereocenters. The molecule has 0 radical (unpaired) electrons. The molecule has 6 nitrogen and oxygen atoms in total. The molecule has 1 aromatic heterocycles. The summed E-state index contributed by atoms with van der Waals surface area (Å²) in [7, 11) is 3.18. The van der Waals surface area contributed by atoms with Gasteiger partial charge >= 0.3 is 5.97 Å². The Morgan fingerprint density at radius 2 is 1.96 bits per heavy atom. The maximum Gasteiger partial charge on any atom is 0.363 e. The van der Waals surface area contributed by atoms with Gasteiger partial charge in [0.1, 0.15) is 17.3 Å². The number of nitrogens with zero attached hydrogens (tertiary/aromatic N) is 1. The van der Waals surface area contributed by atoms with E-state index < -0.39 is 5.97 Å². The second-order valence-corrected chi connectivity index (χ2v) is 5.57. The van der Waals surface area contributed by atoms with E-state index in [0.717, 1.165) is 11.3 Å². The molecule has 0 aliphatic carbocycles. The number of aliphatic imine (C=N–C) groups is 1. The Hall–Kier alpha value is -3.02. The fraction of sp³-hybridized carbons (Fsp3) is 0.263. The number of carbonyl (C=O) groups excluding carboxylic acids is 1. The normalized spacial score (nSPS) is 15.2. The molecule has 0 spiro atoms. The van der Waals surface area contributed by atoms with Gasteiger partial charge in [-0.2, -0.15) is 0 Å². The van der Waals surface area contributed by atoms with Gasteiger partial charge in [0.2, 0.25) is 0 Å². The molecule has 1 aliphatic rings. The van der Waals surface area contributed by atoms with E-state index in [9.17, 15) is 4.79 Å². The van der Waals surface area contributed by atoms with Crippen molar-refractivity contribution in [2.24, 2.45) is 4.99 Å². The summed E-state index contributed by atoms with van der Waals surface area (Å²) >= 11 is 0. The number of aryl methyl sites for hydroxylation is 2. The fourth-order valence-corrected chi connectivity index (χ4v) is 2.58. The molecule has 0 fully saturated rings. The monoisotopic (exact) mass is 341 g/mol. The van der Waals surface area contributed by atoms with Crippen molar-refractivity contribution in [2.75, 3.05) is 14.2 Å². The first-order valence-electron chi connectivity index (χ1n) is 7.87. The molecule has 2 aromatic rings. The highest BCUT2D eigenvalue weighted by Crippen LogP contribution is 2.31. The topological polar surface area (TPSA) is 70.3 Å². The third-order valence-electron chi connectivity index (χ3n) is 3.87. The summed E-state index contributed by atoms with van der Waals surface area (Å²) in [5, 5.41) is 0. The number of cyclic esters (lactones) is 1. The molecule has 0 saturated carbocycles. The van der Waals surface area contributed by atoms with Gasteiger partial charge in [-0.15, -0.1) is 0 Å². The van der Waals surface area contributed by atoms with E-state index >= 15 is 0 Å². The first kappa shape index (κ1) is 16.8. The van der Waals surface area contributed by atoms with E-state index in [1.54, 1.807) is 26.6 Å². The Morgan fingerprint density at radius 3 is 2.64 bits per heavy atom. The zero-order valence-corrected chi connectivity index (χ0v) is 14.4. The highest BCUT2D eigenvalue weighted by atomic mass is 16.6. The van der Waals surface area contributed by atoms with Crippen LogP contribution in [0, 0.1) is 6.92 Å². The molecule has 0 N–H and O–H groups in total. The molecular formula is C19H19NO5. The van der Waals surface area contributed by atoms with Gasteiger partial charge in [0, 0.05) is 18.4 Å². The van der Waals surface area contributed by atoms with Crippen LogP contribution in [-0.2, 0) is 16.0 Å². The third kappa shape index (κ3) is 3.74. The standard InChI is InChI=1S/C19H19NO5/c1-12-9-17(23-3)13(11-16(12)22-2)10-15-19(21)25-18(20-15)7-6-14-5-4-8-24-14/h4-5,8-11H,6-7H2,1-3H3/b15-10+. The summed E-state index contributed by atoms with van der Waals surface area (Å²) in [6.45, 7) is 1.92. The van der Waals surface area contributed by atoms with E-state index in [1.807, 2.05) is 31.2 Å². The summed E-state index contributed by atoms with van der Waals surface area (Å²) in [5.74, 6) is 2.07. The number of rotatable bonds is 6. The molecule has 1 aliphatic heterocycles. The van der Waals surface area contributed by atoms with Gasteiger partial charge in [0.05, 0.1) is 20.5 Å². The van der Waals surface area contributed by atoms with E-state index in [-0.39, 0.29) is 5.70 Å². The largest absolute Gasteiger partial charge is 0.496 e. The summed E-state index contributed by atoms with van der Waals surface area (Å²) in [6.07, 6.45) is 4.36. The number of benzene rings is 1. The van der Waals surface area contributed by atoms with Gasteiger partial charge in [-0.1, -0.05) is 0 Å². The first-order valence-corrected chi connectivity index (χ1v) is 7.87. The van der Waals surface area contributed by atoms with Crippen molar-refractivity contribution < 1.29 is 23.4 Å². The van der Waals surface area contributed by atoms with Crippen LogP contribution in [-0.4, -0.2) is 26.1 Å². The van der Waals surface area contributed by atoms with Crippen LogP contribution in [0.15, 0.2) is 45.6 Å². The lowest BCUT2D eigenvalue weighted by Crippen LogP contribution is -2.05. The van der Waals surface area contributed by atoms with Crippen LogP contribution in [0.4, 0.5) is 0 Å². The van der Waals surface area contributed by atoms with Crippen LogP contribution in [0.3, 0.4) is 0 Å². The SMILES string of the molecule is COc1cc(/C=C2/N=C(CCc3ccco3)OC2=O)c(OC)cc1C. The molecule has 0 atom stereocenters. The average molecular weight is 341 g/mol. The molecule has 6 heteroatoms. The van der Waals surface area contributed by atoms with Gasteiger partial charge in [-0.05, 0) is 42.8 Å². The van der Waals surface area contributed by atoms with E-state index in [0.29, 0.717) is 35.8 Å². The van der Waals surface area contributed by atoms with Crippen LogP contribution in [0.25, 0.3) is 6.08 Å². The first-order chi connectivity index (χ1) is 12.1. The Labute approximate surface area is 145 Å². The minimum atomic E-state index is -0.476. The van der Waals surface area contributed by atoms with Crippen LogP contribution in [0.5, 0.6) is 11.5 Å². The molecule has 0 saturated heterocycles. The van der Waals surface area contributed by atoms with Crippen LogP contribution in [0.2, 0.25) is 0 Å². The lowest BCUT2D eigenvalue weighted by Gasteiger charge is -2.10. The molecule has 0 bridgehead atoms. The zero-order valence-electron chi connectivity index (χ0n) is 14.4. The smallest absolute Gasteiger partial charge is 0.363 e. The molecule has 25 heavy (non-hydrogen) atoms. The number of hydrogen-bond acceptors (Lipinski definition) is 6. The molecule has 0 amide bonds. The maximum absolute atomic E-state index is 12.1. The quantitative estimate of drug-likeness (QED) is 0.594. The Kier molecular flexibility index (Phi) is 4.88. The summed E-state index contributed by atoms with van der Waals surface area (Å²) < 4.78 is 21.2. The molecule has 130 valence electrons. The summed E-state index contributed by atoms with van der Waals surface area (Å²) in [4.78, 5) is 16.4. The highest BCUT2D eigenvalue weighted by molar-refractivity contribution is 6.07. The van der Waals surface area contributed by atoms with Gasteiger partial charge in [-0.25, -0.2) is 9.79 Å². The van der Waals surface area contributed by atoms with Crippen molar-refractivity contribution >= 4 is 17.9 Å². The van der Waals surface area contributed by atoms with Crippen molar-refractivity contribution in [1.82, 2.24) is 0 Å². The lowest BCUT2D eigenvalue weighted by atomic mass is 10.1. The van der Waals surface area contributed by atoms with Gasteiger partial charge in [-0.3, -0.25) is 0 Å². The minimum absolute atomic E-state index is 0.235. The number of ether oxygens (including phenoxy) is 3. The lowest BCUT2D eigenvalue weighted by molar-refractivity contribution is -0.130. The Morgan fingerprint density at radius 1 is 1.16 bits per heavy atom. The number of esters is 1. The number of hydrogen-bond donors (Lipinski definition) is 0. The Balaban J connectivity index is 1.83. The predicted molar refractivity (Wildman–Crippen MR) is 92.8 cm³/mol. The molecule has 1 aromatic carbocycles. The van der Waals surface area contributed by atoms with Gasteiger partial charge in [0.15, 0.2) is 11.6 Å². The second-order valence-electron chi connectivity index (χ2n) is 5.57. The predicted octanol–water partition coefficient (Wildman–Crippen LogP) is 3.53. The van der Waals surface area contributed by atoms with Gasteiger partial charge in [0.25, 0.3) is 0 Å². The summed E-state index contributed by atoms with van der Waals surface area (Å²) in [6, 6.07) is 7.36. The highest BCUT2D eigenvalue weighted by Gasteiger charge is 2.23. The molecule has 3 rings (SSSR count). The number of furan rings is 1. The average Bonchev–Trinajstić information content (AvgIpc) is 3.24. The molecule has 2 heterocycles. The summed E-state index contributed by atoms with van der Waals surface area (Å²) in [5.41, 5.74) is 1.88. The van der Waals surface area contributed by atoms with E-state index in [1.165, 1.54) is 0 Å². The second kappa shape index (κ2) is 7.25. The Bertz CT molecular complexity index is 834. The van der Waals surface area contributed by atoms with Crippen LogP contribution in [0.1, 0.15) is 23.3 Å². The van der Waals surface area contributed by atoms with Gasteiger partial charge < -0.3 is 18.6 Å². The number of carbonyl (C=O) groups is 1. The maximum atomic E-state index is 12.1. The van der Waals surface area contributed by atoms with E-state index in [2.05, 4.69) is 4.99 Å². The van der Waals surface area contributed by atoms with Crippen LogP contribution < -0.4 is 9.47 Å². The molecular weight excluding hydrogens is 322 g/mol. The van der Waals surface area contributed by atoms with Crippen molar-refractivity contribution in [3.05, 3.63) is 53.1 Å². The van der Waals surface area contributed by atoms with Crippen molar-refractivity contribution in [2.45, 2.75) is 19.8 Å². The number of methoxy groups -OCH3 is 2. The fourth-order valence-electron chi connectivity index (χ4n) is 2.58.